The Labute approximate surface area is 132 Å². The zero-order valence-electron chi connectivity index (χ0n) is 13.6. The summed E-state index contributed by atoms with van der Waals surface area (Å²) in [7, 11) is -1.41. The van der Waals surface area contributed by atoms with Gasteiger partial charge in [-0.05, 0) is 45.0 Å². The molecule has 7 heteroatoms. The van der Waals surface area contributed by atoms with Gasteiger partial charge in [0.25, 0.3) is 0 Å². The molecule has 0 saturated carbocycles. The normalized spacial score (nSPS) is 11.3. The van der Waals surface area contributed by atoms with Crippen molar-refractivity contribution < 1.29 is 27.5 Å². The number of methoxy groups -OCH3 is 1. The van der Waals surface area contributed by atoms with Crippen molar-refractivity contribution in [3.63, 3.8) is 0 Å². The molecule has 1 aromatic carbocycles. The van der Waals surface area contributed by atoms with Gasteiger partial charge in [0, 0.05) is 19.8 Å². The summed E-state index contributed by atoms with van der Waals surface area (Å²) in [5, 5.41) is 0. The number of carbonyl (C=O) groups is 1. The average molecular weight is 328 g/mol. The Morgan fingerprint density at radius 3 is 1.86 bits per heavy atom. The van der Waals surface area contributed by atoms with E-state index in [0.717, 1.165) is 0 Å². The van der Waals surface area contributed by atoms with Gasteiger partial charge in [0.15, 0.2) is 6.23 Å². The number of benzene rings is 1. The number of ether oxygens (including phenoxy) is 2. The number of hydrogen-bond donors (Lipinski definition) is 0. The molecule has 0 unspecified atom stereocenters. The number of rotatable bonds is 10. The first-order valence-electron chi connectivity index (χ1n) is 7.33. The fourth-order valence-corrected chi connectivity index (χ4v) is 4.00. The summed E-state index contributed by atoms with van der Waals surface area (Å²) in [6, 6.07) is 6.70. The highest BCUT2D eigenvalue weighted by atomic mass is 28.4. The van der Waals surface area contributed by atoms with Crippen molar-refractivity contribution in [2.24, 2.45) is 0 Å². The molecule has 0 atom stereocenters. The molecule has 0 aliphatic carbocycles. The van der Waals surface area contributed by atoms with Crippen LogP contribution in [-0.4, -0.2) is 47.9 Å². The third kappa shape index (κ3) is 5.41. The minimum absolute atomic E-state index is 0.00656. The zero-order valence-corrected chi connectivity index (χ0v) is 14.6. The van der Waals surface area contributed by atoms with Crippen molar-refractivity contribution in [3.05, 3.63) is 29.8 Å². The molecule has 0 amide bonds. The minimum Gasteiger partial charge on any atom is -0.497 e. The summed E-state index contributed by atoms with van der Waals surface area (Å²) < 4.78 is 27.3. The zero-order chi connectivity index (χ0) is 16.4. The fraction of sp³-hybridized carbons (Fsp3) is 0.533. The smallest absolute Gasteiger partial charge is 0.497 e. The Kier molecular flexibility index (Phi) is 8.11. The topological polar surface area (TPSA) is 63.2 Å². The average Bonchev–Trinajstić information content (AvgIpc) is 2.53. The first kappa shape index (κ1) is 18.6. The fourth-order valence-electron chi connectivity index (χ4n) is 1.87. The summed E-state index contributed by atoms with van der Waals surface area (Å²) in [4.78, 5) is 12.1. The highest BCUT2D eigenvalue weighted by Gasteiger charge is 2.42. The van der Waals surface area contributed by atoms with Gasteiger partial charge in [0.05, 0.1) is 12.7 Å². The molecule has 0 bridgehead atoms. The van der Waals surface area contributed by atoms with Gasteiger partial charge in [0.2, 0.25) is 0 Å². The van der Waals surface area contributed by atoms with Crippen LogP contribution in [0, 0.1) is 0 Å². The number of esters is 1. The molecule has 1 rings (SSSR count). The van der Waals surface area contributed by atoms with Gasteiger partial charge in [-0.2, -0.15) is 0 Å². The summed E-state index contributed by atoms with van der Waals surface area (Å²) in [6.07, 6.45) is -0.00656. The highest BCUT2D eigenvalue weighted by molar-refractivity contribution is 6.60. The SMILES string of the molecule is CCO[Si](COC(=O)c1ccc(OC)cc1)(OCC)OCC. The van der Waals surface area contributed by atoms with Crippen molar-refractivity contribution in [2.45, 2.75) is 20.8 Å². The molecule has 0 spiro atoms. The third-order valence-corrected chi connectivity index (χ3v) is 5.48. The Morgan fingerprint density at radius 2 is 1.45 bits per heavy atom. The van der Waals surface area contributed by atoms with E-state index in [1.165, 1.54) is 0 Å². The van der Waals surface area contributed by atoms with Crippen LogP contribution in [0.2, 0.25) is 0 Å². The second-order valence-electron chi connectivity index (χ2n) is 4.29. The predicted molar refractivity (Wildman–Crippen MR) is 83.9 cm³/mol. The number of hydrogen-bond acceptors (Lipinski definition) is 6. The maximum atomic E-state index is 12.1. The second kappa shape index (κ2) is 9.57. The monoisotopic (exact) mass is 328 g/mol. The predicted octanol–water partition coefficient (Wildman–Crippen LogP) is 2.44. The molecule has 124 valence electrons. The molecule has 0 aromatic heterocycles. The van der Waals surface area contributed by atoms with Crippen molar-refractivity contribution >= 4 is 14.8 Å². The van der Waals surface area contributed by atoms with Gasteiger partial charge in [-0.3, -0.25) is 0 Å². The maximum absolute atomic E-state index is 12.1. The third-order valence-electron chi connectivity index (χ3n) is 2.80. The van der Waals surface area contributed by atoms with Crippen LogP contribution in [0.3, 0.4) is 0 Å². The Hall–Kier alpha value is -1.41. The van der Waals surface area contributed by atoms with Crippen LogP contribution in [0.25, 0.3) is 0 Å². The molecule has 0 aliphatic rings. The molecule has 0 N–H and O–H groups in total. The van der Waals surface area contributed by atoms with E-state index in [-0.39, 0.29) is 6.23 Å². The summed E-state index contributed by atoms with van der Waals surface area (Å²) >= 11 is 0. The van der Waals surface area contributed by atoms with E-state index in [2.05, 4.69) is 0 Å². The van der Waals surface area contributed by atoms with E-state index < -0.39 is 14.8 Å². The van der Waals surface area contributed by atoms with Gasteiger partial charge < -0.3 is 22.8 Å². The molecule has 6 nitrogen and oxygen atoms in total. The van der Waals surface area contributed by atoms with Crippen LogP contribution in [0.5, 0.6) is 5.75 Å². The molecule has 0 heterocycles. The lowest BCUT2D eigenvalue weighted by molar-refractivity contribution is 0.0247. The van der Waals surface area contributed by atoms with E-state index in [1.54, 1.807) is 31.4 Å². The van der Waals surface area contributed by atoms with Gasteiger partial charge >= 0.3 is 14.8 Å². The quantitative estimate of drug-likeness (QED) is 0.485. The molecule has 0 saturated heterocycles. The Balaban J connectivity index is 2.71. The number of carbonyl (C=O) groups excluding carboxylic acids is 1. The first-order chi connectivity index (χ1) is 10.6. The molecule has 22 heavy (non-hydrogen) atoms. The van der Waals surface area contributed by atoms with Crippen LogP contribution < -0.4 is 4.74 Å². The molecule has 0 aliphatic heterocycles. The molecule has 0 fully saturated rings. The lowest BCUT2D eigenvalue weighted by Crippen LogP contribution is -2.51. The lowest BCUT2D eigenvalue weighted by Gasteiger charge is -2.27. The largest absolute Gasteiger partial charge is 0.540 e. The van der Waals surface area contributed by atoms with Gasteiger partial charge in [0.1, 0.15) is 5.75 Å². The van der Waals surface area contributed by atoms with Crippen molar-refractivity contribution in [1.29, 1.82) is 0 Å². The van der Waals surface area contributed by atoms with Gasteiger partial charge in [-0.1, -0.05) is 0 Å². The summed E-state index contributed by atoms with van der Waals surface area (Å²) in [5.41, 5.74) is 0.438. The van der Waals surface area contributed by atoms with E-state index in [0.29, 0.717) is 31.1 Å². The Morgan fingerprint density at radius 1 is 0.955 bits per heavy atom. The van der Waals surface area contributed by atoms with Gasteiger partial charge in [-0.15, -0.1) is 0 Å². The first-order valence-corrected chi connectivity index (χ1v) is 9.27. The van der Waals surface area contributed by atoms with E-state index in [4.69, 9.17) is 22.8 Å². The van der Waals surface area contributed by atoms with E-state index in [1.807, 2.05) is 20.8 Å². The molecule has 0 radical (unpaired) electrons. The second-order valence-corrected chi connectivity index (χ2v) is 6.81. The van der Waals surface area contributed by atoms with Crippen molar-refractivity contribution in [3.8, 4) is 5.75 Å². The highest BCUT2D eigenvalue weighted by Crippen LogP contribution is 2.15. The molecule has 1 aromatic rings. The van der Waals surface area contributed by atoms with Crippen LogP contribution in [0.1, 0.15) is 31.1 Å². The van der Waals surface area contributed by atoms with Crippen LogP contribution in [-0.2, 0) is 18.0 Å². The van der Waals surface area contributed by atoms with Crippen LogP contribution >= 0.6 is 0 Å². The molecular formula is C15H24O6Si. The summed E-state index contributed by atoms with van der Waals surface area (Å²) in [5.74, 6) is 0.233. The van der Waals surface area contributed by atoms with Gasteiger partial charge in [-0.25, -0.2) is 4.79 Å². The van der Waals surface area contributed by atoms with Crippen LogP contribution in [0.15, 0.2) is 24.3 Å². The Bertz CT molecular complexity index is 431. The van der Waals surface area contributed by atoms with Crippen molar-refractivity contribution in [1.82, 2.24) is 0 Å². The van der Waals surface area contributed by atoms with Crippen molar-refractivity contribution in [2.75, 3.05) is 33.2 Å². The van der Waals surface area contributed by atoms with E-state index in [9.17, 15) is 4.79 Å². The maximum Gasteiger partial charge on any atom is 0.540 e. The minimum atomic E-state index is -2.98. The van der Waals surface area contributed by atoms with E-state index >= 15 is 0 Å². The van der Waals surface area contributed by atoms with Crippen LogP contribution in [0.4, 0.5) is 0 Å². The standard InChI is InChI=1S/C15H24O6Si/c1-5-19-22(20-6-2,21-7-3)12-18-15(16)13-8-10-14(17-4)11-9-13/h8-11H,5-7,12H2,1-4H3. The lowest BCUT2D eigenvalue weighted by atomic mass is 10.2. The summed E-state index contributed by atoms with van der Waals surface area (Å²) in [6.45, 7) is 6.87. The molecular weight excluding hydrogens is 304 g/mol.